The van der Waals surface area contributed by atoms with Crippen LogP contribution in [0.15, 0.2) is 24.3 Å². The minimum Gasteiger partial charge on any atom is -0.444 e. The molecule has 0 aliphatic rings. The first-order valence-electron chi connectivity index (χ1n) is 7.58. The third-order valence-corrected chi connectivity index (χ3v) is 4.75. The highest BCUT2D eigenvalue weighted by atomic mass is 32.2. The van der Waals surface area contributed by atoms with Crippen LogP contribution in [0.1, 0.15) is 34.6 Å². The molecule has 7 heteroatoms. The van der Waals surface area contributed by atoms with Gasteiger partial charge in [-0.05, 0) is 45.9 Å². The third kappa shape index (κ3) is 7.88. The highest BCUT2D eigenvalue weighted by Gasteiger charge is 2.17. The molecule has 1 atom stereocenters. The molecule has 1 unspecified atom stereocenters. The molecular formula is C16H26N2O4S. The van der Waals surface area contributed by atoms with Crippen molar-refractivity contribution in [3.05, 3.63) is 24.3 Å². The fourth-order valence-corrected chi connectivity index (χ4v) is 3.01. The number of nitrogens with one attached hydrogen (secondary N) is 2. The summed E-state index contributed by atoms with van der Waals surface area (Å²) in [6.07, 6.45) is -0.531. The molecule has 0 aliphatic carbocycles. The van der Waals surface area contributed by atoms with Gasteiger partial charge in [-0.2, -0.15) is 0 Å². The summed E-state index contributed by atoms with van der Waals surface area (Å²) in [7, 11) is -3.04. The molecule has 130 valence electrons. The van der Waals surface area contributed by atoms with Gasteiger partial charge < -0.3 is 10.1 Å². The first-order valence-corrected chi connectivity index (χ1v) is 9.40. The molecule has 0 saturated carbocycles. The lowest BCUT2D eigenvalue weighted by Crippen LogP contribution is -2.27. The van der Waals surface area contributed by atoms with E-state index in [4.69, 9.17) is 4.74 Å². The van der Waals surface area contributed by atoms with Gasteiger partial charge in [-0.15, -0.1) is 0 Å². The molecule has 0 spiro atoms. The first-order chi connectivity index (χ1) is 10.5. The quantitative estimate of drug-likeness (QED) is 0.829. The van der Waals surface area contributed by atoms with Crippen molar-refractivity contribution in [1.29, 1.82) is 0 Å². The fourth-order valence-electron chi connectivity index (χ4n) is 1.93. The summed E-state index contributed by atoms with van der Waals surface area (Å²) >= 11 is 0. The Morgan fingerprint density at radius 3 is 2.43 bits per heavy atom. The number of amides is 1. The molecule has 0 heterocycles. The maximum atomic E-state index is 11.8. The highest BCUT2D eigenvalue weighted by molar-refractivity contribution is 7.91. The van der Waals surface area contributed by atoms with Gasteiger partial charge in [0.2, 0.25) is 0 Å². The Morgan fingerprint density at radius 2 is 1.87 bits per heavy atom. The Hall–Kier alpha value is -1.76. The standard InChI is InChI=1S/C16H26N2O4S/c1-6-23(20,21)11-12(2)17-13-8-7-9-14(10-13)18-15(19)22-16(3,4)5/h7-10,12,17H,6,11H2,1-5H3,(H,18,19). The Morgan fingerprint density at radius 1 is 1.26 bits per heavy atom. The van der Waals surface area contributed by atoms with Crippen molar-refractivity contribution in [2.45, 2.75) is 46.3 Å². The molecule has 0 radical (unpaired) electrons. The second kappa shape index (κ2) is 7.68. The number of benzene rings is 1. The van der Waals surface area contributed by atoms with E-state index in [0.29, 0.717) is 5.69 Å². The highest BCUT2D eigenvalue weighted by Crippen LogP contribution is 2.17. The van der Waals surface area contributed by atoms with Crippen LogP contribution in [0.3, 0.4) is 0 Å². The van der Waals surface area contributed by atoms with Gasteiger partial charge in [0.05, 0.1) is 5.75 Å². The number of hydrogen-bond acceptors (Lipinski definition) is 5. The van der Waals surface area contributed by atoms with Crippen molar-refractivity contribution < 1.29 is 17.9 Å². The second-order valence-corrected chi connectivity index (χ2v) is 8.85. The summed E-state index contributed by atoms with van der Waals surface area (Å²) in [6.45, 7) is 8.82. The summed E-state index contributed by atoms with van der Waals surface area (Å²) in [5.74, 6) is 0.187. The Labute approximate surface area is 138 Å². The van der Waals surface area contributed by atoms with Crippen LogP contribution in [0.25, 0.3) is 0 Å². The monoisotopic (exact) mass is 342 g/mol. The summed E-state index contributed by atoms with van der Waals surface area (Å²) in [5, 5.41) is 5.78. The molecule has 0 fully saturated rings. The first kappa shape index (κ1) is 19.3. The summed E-state index contributed by atoms with van der Waals surface area (Å²) < 4.78 is 28.5. The number of ether oxygens (including phenoxy) is 1. The van der Waals surface area contributed by atoms with E-state index in [1.54, 1.807) is 52.8 Å². The van der Waals surface area contributed by atoms with Crippen molar-refractivity contribution in [2.24, 2.45) is 0 Å². The number of rotatable bonds is 6. The van der Waals surface area contributed by atoms with Crippen LogP contribution in [0, 0.1) is 0 Å². The van der Waals surface area contributed by atoms with Crippen LogP contribution in [0.5, 0.6) is 0 Å². The van der Waals surface area contributed by atoms with Crippen LogP contribution >= 0.6 is 0 Å². The van der Waals surface area contributed by atoms with Crippen molar-refractivity contribution in [1.82, 2.24) is 0 Å². The van der Waals surface area contributed by atoms with Crippen LogP contribution in [0.4, 0.5) is 16.2 Å². The topological polar surface area (TPSA) is 84.5 Å². The predicted molar refractivity (Wildman–Crippen MR) is 93.7 cm³/mol. The van der Waals surface area contributed by atoms with Crippen LogP contribution in [-0.4, -0.2) is 37.7 Å². The maximum Gasteiger partial charge on any atom is 0.412 e. The SMILES string of the molecule is CCS(=O)(=O)CC(C)Nc1cccc(NC(=O)OC(C)(C)C)c1. The lowest BCUT2D eigenvalue weighted by Gasteiger charge is -2.20. The Kier molecular flexibility index (Phi) is 6.44. The van der Waals surface area contributed by atoms with Crippen LogP contribution in [-0.2, 0) is 14.6 Å². The minimum absolute atomic E-state index is 0.0627. The zero-order valence-electron chi connectivity index (χ0n) is 14.3. The lowest BCUT2D eigenvalue weighted by molar-refractivity contribution is 0.0636. The lowest BCUT2D eigenvalue weighted by atomic mass is 10.2. The fraction of sp³-hybridized carbons (Fsp3) is 0.562. The summed E-state index contributed by atoms with van der Waals surface area (Å²) in [6, 6.07) is 6.84. The van der Waals surface area contributed by atoms with Crippen molar-refractivity contribution >= 4 is 27.3 Å². The van der Waals surface area contributed by atoms with Gasteiger partial charge in [-0.3, -0.25) is 5.32 Å². The van der Waals surface area contributed by atoms with Gasteiger partial charge in [0.25, 0.3) is 0 Å². The van der Waals surface area contributed by atoms with E-state index in [0.717, 1.165) is 5.69 Å². The number of hydrogen-bond donors (Lipinski definition) is 2. The zero-order chi connectivity index (χ0) is 17.7. The maximum absolute atomic E-state index is 11.8. The summed E-state index contributed by atoms with van der Waals surface area (Å²) in [5.41, 5.74) is 0.746. The molecule has 1 amide bonds. The third-order valence-electron chi connectivity index (χ3n) is 2.86. The Balaban J connectivity index is 2.68. The Bertz CT molecular complexity index is 636. The molecule has 0 saturated heterocycles. The average Bonchev–Trinajstić information content (AvgIpc) is 2.35. The van der Waals surface area contributed by atoms with Gasteiger partial charge in [0.15, 0.2) is 9.84 Å². The van der Waals surface area contributed by atoms with Crippen molar-refractivity contribution in [3.8, 4) is 0 Å². The van der Waals surface area contributed by atoms with E-state index >= 15 is 0 Å². The van der Waals surface area contributed by atoms with Crippen LogP contribution in [0.2, 0.25) is 0 Å². The molecule has 23 heavy (non-hydrogen) atoms. The molecular weight excluding hydrogens is 316 g/mol. The molecule has 0 bridgehead atoms. The minimum atomic E-state index is -3.04. The van der Waals surface area contributed by atoms with E-state index in [1.165, 1.54) is 0 Å². The van der Waals surface area contributed by atoms with E-state index in [1.807, 2.05) is 6.07 Å². The van der Waals surface area contributed by atoms with Gasteiger partial charge >= 0.3 is 6.09 Å². The van der Waals surface area contributed by atoms with E-state index in [9.17, 15) is 13.2 Å². The number of sulfone groups is 1. The number of anilines is 2. The molecule has 0 aromatic heterocycles. The largest absolute Gasteiger partial charge is 0.444 e. The van der Waals surface area contributed by atoms with Gasteiger partial charge in [-0.1, -0.05) is 13.0 Å². The average molecular weight is 342 g/mol. The molecule has 0 aliphatic heterocycles. The molecule has 1 aromatic carbocycles. The zero-order valence-corrected chi connectivity index (χ0v) is 15.2. The van der Waals surface area contributed by atoms with Gasteiger partial charge in [-0.25, -0.2) is 13.2 Å². The van der Waals surface area contributed by atoms with E-state index < -0.39 is 21.5 Å². The smallest absolute Gasteiger partial charge is 0.412 e. The van der Waals surface area contributed by atoms with E-state index in [-0.39, 0.29) is 17.5 Å². The van der Waals surface area contributed by atoms with Crippen molar-refractivity contribution in [2.75, 3.05) is 22.1 Å². The second-order valence-electron chi connectivity index (χ2n) is 6.45. The van der Waals surface area contributed by atoms with E-state index in [2.05, 4.69) is 10.6 Å². The van der Waals surface area contributed by atoms with Crippen molar-refractivity contribution in [3.63, 3.8) is 0 Å². The van der Waals surface area contributed by atoms with Crippen LogP contribution < -0.4 is 10.6 Å². The summed E-state index contributed by atoms with van der Waals surface area (Å²) in [4.78, 5) is 11.8. The molecule has 2 N–H and O–H groups in total. The number of carbonyl (C=O) groups is 1. The van der Waals surface area contributed by atoms with Gasteiger partial charge in [0, 0.05) is 23.2 Å². The van der Waals surface area contributed by atoms with Gasteiger partial charge in [0.1, 0.15) is 5.60 Å². The normalized spacial score (nSPS) is 13.3. The molecule has 1 aromatic rings. The number of carbonyl (C=O) groups excluding carboxylic acids is 1. The molecule has 1 rings (SSSR count). The molecule has 6 nitrogen and oxygen atoms in total. The predicted octanol–water partition coefficient (Wildman–Crippen LogP) is 3.27.